The molecule has 1 aromatic carbocycles. The SMILES string of the molecule is CC#Cc1ccc([Si](O[Si](C)(C)C)(O[Si](C)(C)C)O[Si](C)(C)C)cc1. The quantitative estimate of drug-likeness (QED) is 0.479. The molecule has 0 N–H and O–H groups in total. The molecule has 0 spiro atoms. The molecular weight excluding hydrogens is 377 g/mol. The second kappa shape index (κ2) is 8.04. The van der Waals surface area contributed by atoms with Crippen molar-refractivity contribution in [2.75, 3.05) is 0 Å². The van der Waals surface area contributed by atoms with Gasteiger partial charge in [0.15, 0.2) is 25.0 Å². The van der Waals surface area contributed by atoms with Crippen molar-refractivity contribution in [3.63, 3.8) is 0 Å². The Labute approximate surface area is 158 Å². The predicted molar refractivity (Wildman–Crippen MR) is 118 cm³/mol. The Hall–Kier alpha value is -0.472. The molecule has 0 unspecified atom stereocenters. The van der Waals surface area contributed by atoms with Crippen molar-refractivity contribution in [1.82, 2.24) is 0 Å². The van der Waals surface area contributed by atoms with Crippen LogP contribution in [0.3, 0.4) is 0 Å². The average Bonchev–Trinajstić information content (AvgIpc) is 2.33. The second-order valence-corrected chi connectivity index (χ2v) is 26.0. The largest absolute Gasteiger partial charge is 0.505 e. The number of hydrogen-bond acceptors (Lipinski definition) is 3. The molecule has 0 fully saturated rings. The molecular formula is C18H34O3Si4. The molecule has 25 heavy (non-hydrogen) atoms. The molecule has 0 saturated carbocycles. The van der Waals surface area contributed by atoms with Crippen LogP contribution < -0.4 is 5.19 Å². The summed E-state index contributed by atoms with van der Waals surface area (Å²) in [5, 5.41) is 1.06. The highest BCUT2D eigenvalue weighted by molar-refractivity contribution is 6.95. The third kappa shape index (κ3) is 8.17. The average molecular weight is 411 g/mol. The van der Waals surface area contributed by atoms with Gasteiger partial charge in [0.2, 0.25) is 0 Å². The van der Waals surface area contributed by atoms with E-state index in [1.807, 2.05) is 19.1 Å². The van der Waals surface area contributed by atoms with Crippen LogP contribution in [0.5, 0.6) is 0 Å². The summed E-state index contributed by atoms with van der Waals surface area (Å²) in [7, 11) is -8.61. The summed E-state index contributed by atoms with van der Waals surface area (Å²) in [6, 6.07) is 8.27. The normalized spacial score (nSPS) is 13.4. The lowest BCUT2D eigenvalue weighted by Crippen LogP contribution is -2.67. The Morgan fingerprint density at radius 1 is 0.640 bits per heavy atom. The van der Waals surface area contributed by atoms with E-state index in [1.165, 1.54) is 0 Å². The van der Waals surface area contributed by atoms with Gasteiger partial charge in [-0.15, -0.1) is 5.92 Å². The van der Waals surface area contributed by atoms with E-state index in [9.17, 15) is 0 Å². The van der Waals surface area contributed by atoms with Gasteiger partial charge in [0.05, 0.1) is 0 Å². The summed E-state index contributed by atoms with van der Waals surface area (Å²) < 4.78 is 20.2. The molecule has 1 rings (SSSR count). The Balaban J connectivity index is 3.51. The first-order valence-corrected chi connectivity index (χ1v) is 20.7. The lowest BCUT2D eigenvalue weighted by Gasteiger charge is -2.42. The van der Waals surface area contributed by atoms with Crippen LogP contribution in [0.15, 0.2) is 24.3 Å². The van der Waals surface area contributed by atoms with E-state index in [2.05, 4.69) is 82.9 Å². The van der Waals surface area contributed by atoms with Gasteiger partial charge < -0.3 is 12.3 Å². The molecule has 0 aliphatic rings. The monoisotopic (exact) mass is 410 g/mol. The molecule has 7 heteroatoms. The molecule has 0 atom stereocenters. The first-order valence-electron chi connectivity index (χ1n) is 8.80. The van der Waals surface area contributed by atoms with E-state index in [-0.39, 0.29) is 0 Å². The third-order valence-electron chi connectivity index (χ3n) is 2.83. The van der Waals surface area contributed by atoms with Crippen molar-refractivity contribution in [2.24, 2.45) is 0 Å². The van der Waals surface area contributed by atoms with Crippen LogP contribution in [-0.2, 0) is 12.3 Å². The number of hydrogen-bond donors (Lipinski definition) is 0. The maximum absolute atomic E-state index is 6.73. The van der Waals surface area contributed by atoms with Crippen LogP contribution in [0.1, 0.15) is 12.5 Å². The first kappa shape index (κ1) is 22.6. The molecule has 140 valence electrons. The highest BCUT2D eigenvalue weighted by atomic mass is 28.5. The fourth-order valence-corrected chi connectivity index (χ4v) is 15.6. The molecule has 0 heterocycles. The smallest absolute Gasteiger partial charge is 0.414 e. The Morgan fingerprint density at radius 3 is 1.28 bits per heavy atom. The summed E-state index contributed by atoms with van der Waals surface area (Å²) in [6.07, 6.45) is 0. The van der Waals surface area contributed by atoms with Crippen LogP contribution in [0, 0.1) is 11.8 Å². The summed E-state index contributed by atoms with van der Waals surface area (Å²) >= 11 is 0. The van der Waals surface area contributed by atoms with Gasteiger partial charge in [0.25, 0.3) is 0 Å². The topological polar surface area (TPSA) is 27.7 Å². The van der Waals surface area contributed by atoms with Crippen molar-refractivity contribution >= 4 is 38.9 Å². The van der Waals surface area contributed by atoms with Gasteiger partial charge >= 0.3 is 8.80 Å². The van der Waals surface area contributed by atoms with E-state index in [0.717, 1.165) is 10.8 Å². The molecule has 0 amide bonds. The van der Waals surface area contributed by atoms with Gasteiger partial charge in [-0.05, 0) is 78.0 Å². The molecule has 0 aromatic heterocycles. The maximum atomic E-state index is 6.73. The number of rotatable bonds is 7. The molecule has 0 aliphatic carbocycles. The molecule has 0 bridgehead atoms. The first-order chi connectivity index (χ1) is 11.2. The summed E-state index contributed by atoms with van der Waals surface area (Å²) in [4.78, 5) is 0. The maximum Gasteiger partial charge on any atom is 0.505 e. The van der Waals surface area contributed by atoms with Crippen molar-refractivity contribution in [1.29, 1.82) is 0 Å². The highest BCUT2D eigenvalue weighted by Gasteiger charge is 2.51. The van der Waals surface area contributed by atoms with Gasteiger partial charge in [-0.25, -0.2) is 0 Å². The van der Waals surface area contributed by atoms with Crippen molar-refractivity contribution < 1.29 is 12.3 Å². The van der Waals surface area contributed by atoms with Crippen molar-refractivity contribution in [3.8, 4) is 11.8 Å². The van der Waals surface area contributed by atoms with E-state index in [0.29, 0.717) is 0 Å². The van der Waals surface area contributed by atoms with Gasteiger partial charge in [-0.1, -0.05) is 18.1 Å². The van der Waals surface area contributed by atoms with Gasteiger partial charge in [-0.2, -0.15) is 0 Å². The van der Waals surface area contributed by atoms with Crippen LogP contribution >= 0.6 is 0 Å². The van der Waals surface area contributed by atoms with E-state index >= 15 is 0 Å². The second-order valence-electron chi connectivity index (χ2n) is 9.15. The van der Waals surface area contributed by atoms with Crippen LogP contribution in [-0.4, -0.2) is 33.8 Å². The molecule has 0 aliphatic heterocycles. The zero-order chi connectivity index (χ0) is 19.5. The molecule has 0 radical (unpaired) electrons. The molecule has 0 saturated heterocycles. The van der Waals surface area contributed by atoms with E-state index < -0.39 is 33.8 Å². The highest BCUT2D eigenvalue weighted by Crippen LogP contribution is 2.25. The summed E-state index contributed by atoms with van der Waals surface area (Å²) in [6.45, 7) is 21.7. The van der Waals surface area contributed by atoms with Crippen LogP contribution in [0.25, 0.3) is 0 Å². The van der Waals surface area contributed by atoms with Gasteiger partial charge in [0, 0.05) is 10.8 Å². The number of benzene rings is 1. The minimum Gasteiger partial charge on any atom is -0.414 e. The Kier molecular flexibility index (Phi) is 7.26. The van der Waals surface area contributed by atoms with E-state index in [1.54, 1.807) is 0 Å². The zero-order valence-electron chi connectivity index (χ0n) is 17.5. The lowest BCUT2D eigenvalue weighted by atomic mass is 10.2. The summed E-state index contributed by atoms with van der Waals surface area (Å²) in [5.74, 6) is 6.05. The van der Waals surface area contributed by atoms with Crippen molar-refractivity contribution in [3.05, 3.63) is 29.8 Å². The lowest BCUT2D eigenvalue weighted by molar-refractivity contribution is 0.273. The fourth-order valence-electron chi connectivity index (χ4n) is 2.35. The van der Waals surface area contributed by atoms with Crippen LogP contribution in [0.2, 0.25) is 58.9 Å². The zero-order valence-corrected chi connectivity index (χ0v) is 21.5. The standard InChI is InChI=1S/C18H34O3Si4/c1-11-12-17-13-15-18(16-14-17)25(19-22(2,3)4,20-23(5,6)7)21-24(8,9)10/h13-16H,1-10H3. The predicted octanol–water partition coefficient (Wildman–Crippen LogP) is 4.76. The van der Waals surface area contributed by atoms with Crippen molar-refractivity contribution in [2.45, 2.75) is 65.8 Å². The molecule has 3 nitrogen and oxygen atoms in total. The van der Waals surface area contributed by atoms with Gasteiger partial charge in [0.1, 0.15) is 0 Å². The third-order valence-corrected chi connectivity index (χ3v) is 14.4. The van der Waals surface area contributed by atoms with E-state index in [4.69, 9.17) is 12.3 Å². The Morgan fingerprint density at radius 2 is 1.00 bits per heavy atom. The Bertz CT molecular complexity index is 585. The minimum absolute atomic E-state index is 1.00. The van der Waals surface area contributed by atoms with Gasteiger partial charge in [-0.3, -0.25) is 0 Å². The summed E-state index contributed by atoms with van der Waals surface area (Å²) in [5.41, 5.74) is 1.00. The molecule has 1 aromatic rings. The fraction of sp³-hybridized carbons (Fsp3) is 0.556. The van der Waals surface area contributed by atoms with Crippen LogP contribution in [0.4, 0.5) is 0 Å². The minimum atomic E-state index is -2.99.